The van der Waals surface area contributed by atoms with E-state index >= 15 is 0 Å². The van der Waals surface area contributed by atoms with E-state index in [1.807, 2.05) is 24.3 Å². The molecule has 2 aromatic carbocycles. The summed E-state index contributed by atoms with van der Waals surface area (Å²) < 4.78 is 5.78. The molecular formula is C20H20O. The average Bonchev–Trinajstić information content (AvgIpc) is 2.87. The predicted octanol–water partition coefficient (Wildman–Crippen LogP) is 5.90. The second kappa shape index (κ2) is 5.25. The Morgan fingerprint density at radius 2 is 1.57 bits per heavy atom. The Labute approximate surface area is 125 Å². The van der Waals surface area contributed by atoms with E-state index in [1.165, 1.54) is 11.1 Å². The summed E-state index contributed by atoms with van der Waals surface area (Å²) in [4.78, 5) is 0. The fourth-order valence-electron chi connectivity index (χ4n) is 2.36. The van der Waals surface area contributed by atoms with Crippen LogP contribution in [-0.2, 0) is 5.41 Å². The SMILES string of the molecule is CC(C)(C)c1ccc(/C=C/c2cc3ccccc3o2)cc1. The van der Waals surface area contributed by atoms with Gasteiger partial charge in [-0.05, 0) is 34.8 Å². The first-order chi connectivity index (χ1) is 10.0. The molecule has 1 aromatic heterocycles. The van der Waals surface area contributed by atoms with Gasteiger partial charge in [0.1, 0.15) is 11.3 Å². The monoisotopic (exact) mass is 276 g/mol. The molecule has 1 heteroatoms. The van der Waals surface area contributed by atoms with Crippen molar-refractivity contribution < 1.29 is 4.42 Å². The molecule has 21 heavy (non-hydrogen) atoms. The van der Waals surface area contributed by atoms with Crippen LogP contribution in [0.3, 0.4) is 0 Å². The summed E-state index contributed by atoms with van der Waals surface area (Å²) in [5, 5.41) is 1.14. The molecule has 3 aromatic rings. The zero-order valence-corrected chi connectivity index (χ0v) is 12.8. The van der Waals surface area contributed by atoms with Gasteiger partial charge in [-0.15, -0.1) is 0 Å². The minimum absolute atomic E-state index is 0.195. The van der Waals surface area contributed by atoms with Crippen LogP contribution in [0.25, 0.3) is 23.1 Å². The van der Waals surface area contributed by atoms with E-state index in [2.05, 4.69) is 63.2 Å². The highest BCUT2D eigenvalue weighted by molar-refractivity contribution is 5.81. The molecule has 0 unspecified atom stereocenters. The van der Waals surface area contributed by atoms with Crippen LogP contribution in [0.2, 0.25) is 0 Å². The molecule has 0 N–H and O–H groups in total. The Bertz CT molecular complexity index is 734. The first-order valence-electron chi connectivity index (χ1n) is 7.29. The van der Waals surface area contributed by atoms with Crippen molar-refractivity contribution in [1.82, 2.24) is 0 Å². The largest absolute Gasteiger partial charge is 0.457 e. The van der Waals surface area contributed by atoms with E-state index in [9.17, 15) is 0 Å². The topological polar surface area (TPSA) is 13.1 Å². The lowest BCUT2D eigenvalue weighted by Gasteiger charge is -2.18. The maximum Gasteiger partial charge on any atom is 0.134 e. The fourth-order valence-corrected chi connectivity index (χ4v) is 2.36. The zero-order valence-electron chi connectivity index (χ0n) is 12.8. The second-order valence-corrected chi connectivity index (χ2v) is 6.39. The van der Waals surface area contributed by atoms with Crippen LogP contribution >= 0.6 is 0 Å². The smallest absolute Gasteiger partial charge is 0.134 e. The molecule has 0 atom stereocenters. The molecular weight excluding hydrogens is 256 g/mol. The van der Waals surface area contributed by atoms with Gasteiger partial charge in [0.25, 0.3) is 0 Å². The van der Waals surface area contributed by atoms with Crippen LogP contribution in [0.5, 0.6) is 0 Å². The van der Waals surface area contributed by atoms with Gasteiger partial charge in [-0.3, -0.25) is 0 Å². The van der Waals surface area contributed by atoms with Crippen LogP contribution < -0.4 is 0 Å². The van der Waals surface area contributed by atoms with Crippen LogP contribution in [-0.4, -0.2) is 0 Å². The van der Waals surface area contributed by atoms with Gasteiger partial charge in [0.05, 0.1) is 0 Å². The first kappa shape index (κ1) is 13.7. The molecule has 0 aliphatic carbocycles. The lowest BCUT2D eigenvalue weighted by atomic mass is 9.87. The number of hydrogen-bond donors (Lipinski definition) is 0. The van der Waals surface area contributed by atoms with Gasteiger partial charge in [-0.25, -0.2) is 0 Å². The number of furan rings is 1. The Kier molecular flexibility index (Phi) is 3.42. The molecule has 106 valence electrons. The van der Waals surface area contributed by atoms with Crippen molar-refractivity contribution in [3.8, 4) is 0 Å². The van der Waals surface area contributed by atoms with E-state index in [-0.39, 0.29) is 5.41 Å². The van der Waals surface area contributed by atoms with Gasteiger partial charge in [0, 0.05) is 5.39 Å². The van der Waals surface area contributed by atoms with Crippen molar-refractivity contribution >= 4 is 23.1 Å². The summed E-state index contributed by atoms with van der Waals surface area (Å²) in [6.45, 7) is 6.69. The Morgan fingerprint density at radius 1 is 0.857 bits per heavy atom. The number of fused-ring (bicyclic) bond motifs is 1. The third-order valence-corrected chi connectivity index (χ3v) is 3.66. The van der Waals surface area contributed by atoms with Crippen molar-refractivity contribution in [3.05, 3.63) is 71.5 Å². The van der Waals surface area contributed by atoms with Gasteiger partial charge in [0.2, 0.25) is 0 Å². The molecule has 0 amide bonds. The van der Waals surface area contributed by atoms with Gasteiger partial charge in [-0.1, -0.05) is 69.3 Å². The van der Waals surface area contributed by atoms with Crippen molar-refractivity contribution in [2.75, 3.05) is 0 Å². The molecule has 0 spiro atoms. The predicted molar refractivity (Wildman–Crippen MR) is 90.3 cm³/mol. The summed E-state index contributed by atoms with van der Waals surface area (Å²) in [5.41, 5.74) is 3.66. The van der Waals surface area contributed by atoms with Crippen LogP contribution in [0.4, 0.5) is 0 Å². The van der Waals surface area contributed by atoms with Crippen molar-refractivity contribution in [2.45, 2.75) is 26.2 Å². The van der Waals surface area contributed by atoms with Crippen LogP contribution in [0.1, 0.15) is 37.7 Å². The quantitative estimate of drug-likeness (QED) is 0.568. The van der Waals surface area contributed by atoms with Gasteiger partial charge in [0.15, 0.2) is 0 Å². The van der Waals surface area contributed by atoms with Crippen molar-refractivity contribution in [3.63, 3.8) is 0 Å². The zero-order chi connectivity index (χ0) is 14.9. The number of rotatable bonds is 2. The maximum absolute atomic E-state index is 5.78. The Morgan fingerprint density at radius 3 is 2.24 bits per heavy atom. The van der Waals surface area contributed by atoms with Crippen LogP contribution in [0, 0.1) is 0 Å². The highest BCUT2D eigenvalue weighted by atomic mass is 16.3. The molecule has 0 aliphatic rings. The van der Waals surface area contributed by atoms with E-state index in [0.717, 1.165) is 16.7 Å². The summed E-state index contributed by atoms with van der Waals surface area (Å²) in [6.07, 6.45) is 4.11. The summed E-state index contributed by atoms with van der Waals surface area (Å²) >= 11 is 0. The number of benzene rings is 2. The number of para-hydroxylation sites is 1. The van der Waals surface area contributed by atoms with E-state index in [4.69, 9.17) is 4.42 Å². The summed E-state index contributed by atoms with van der Waals surface area (Å²) in [7, 11) is 0. The average molecular weight is 276 g/mol. The highest BCUT2D eigenvalue weighted by Gasteiger charge is 2.12. The molecule has 3 rings (SSSR count). The van der Waals surface area contributed by atoms with Crippen LogP contribution in [0.15, 0.2) is 59.0 Å². The maximum atomic E-state index is 5.78. The van der Waals surface area contributed by atoms with E-state index in [1.54, 1.807) is 0 Å². The van der Waals surface area contributed by atoms with Gasteiger partial charge in [-0.2, -0.15) is 0 Å². The van der Waals surface area contributed by atoms with E-state index < -0.39 is 0 Å². The molecule has 0 bridgehead atoms. The standard InChI is InChI=1S/C20H20O/c1-20(2,3)17-11-8-15(9-12-17)10-13-18-14-16-6-4-5-7-19(16)21-18/h4-14H,1-3H3/b13-10+. The summed E-state index contributed by atoms with van der Waals surface area (Å²) in [5.74, 6) is 0.885. The lowest BCUT2D eigenvalue weighted by Crippen LogP contribution is -2.10. The molecule has 0 saturated heterocycles. The molecule has 0 fully saturated rings. The Hall–Kier alpha value is -2.28. The minimum atomic E-state index is 0.195. The molecule has 0 saturated carbocycles. The highest BCUT2D eigenvalue weighted by Crippen LogP contribution is 2.23. The second-order valence-electron chi connectivity index (χ2n) is 6.39. The molecule has 1 heterocycles. The molecule has 0 radical (unpaired) electrons. The molecule has 0 aliphatic heterocycles. The van der Waals surface area contributed by atoms with Gasteiger partial charge >= 0.3 is 0 Å². The van der Waals surface area contributed by atoms with E-state index in [0.29, 0.717) is 0 Å². The first-order valence-corrected chi connectivity index (χ1v) is 7.29. The van der Waals surface area contributed by atoms with Gasteiger partial charge < -0.3 is 4.42 Å². The lowest BCUT2D eigenvalue weighted by molar-refractivity contribution is 0.590. The number of hydrogen-bond acceptors (Lipinski definition) is 1. The molecule has 1 nitrogen and oxygen atoms in total. The summed E-state index contributed by atoms with van der Waals surface area (Å²) in [6, 6.07) is 18.8. The fraction of sp³-hybridized carbons (Fsp3) is 0.200. The minimum Gasteiger partial charge on any atom is -0.457 e. The third kappa shape index (κ3) is 3.08. The Balaban J connectivity index is 1.82. The van der Waals surface area contributed by atoms with Crippen molar-refractivity contribution in [1.29, 1.82) is 0 Å². The normalized spacial score (nSPS) is 12.3. The third-order valence-electron chi connectivity index (χ3n) is 3.66. The van der Waals surface area contributed by atoms with Crippen molar-refractivity contribution in [2.24, 2.45) is 0 Å².